The number of hydrogen-bond acceptors (Lipinski definition) is 3. The third kappa shape index (κ3) is 3.00. The van der Waals surface area contributed by atoms with E-state index < -0.39 is 10.0 Å². The van der Waals surface area contributed by atoms with Crippen LogP contribution in [0.15, 0.2) is 47.5 Å². The van der Waals surface area contributed by atoms with Crippen LogP contribution in [0.5, 0.6) is 0 Å². The maximum absolute atomic E-state index is 12.0. The molecule has 0 saturated heterocycles. The van der Waals surface area contributed by atoms with Crippen molar-refractivity contribution in [1.29, 1.82) is 0 Å². The van der Waals surface area contributed by atoms with Gasteiger partial charge in [0.1, 0.15) is 0 Å². The van der Waals surface area contributed by atoms with Crippen molar-refractivity contribution in [1.82, 2.24) is 4.98 Å². The second-order valence-corrected chi connectivity index (χ2v) is 5.86. The number of rotatable bonds is 3. The van der Waals surface area contributed by atoms with Gasteiger partial charge in [-0.15, -0.1) is 0 Å². The summed E-state index contributed by atoms with van der Waals surface area (Å²) in [6.07, 6.45) is 1.55. The molecule has 2 aromatic rings. The highest BCUT2D eigenvalue weighted by Gasteiger charge is 2.13. The minimum Gasteiger partial charge on any atom is -0.280 e. The Morgan fingerprint density at radius 2 is 1.83 bits per heavy atom. The quantitative estimate of drug-likeness (QED) is 0.942. The van der Waals surface area contributed by atoms with E-state index in [1.54, 1.807) is 25.3 Å². The number of aryl methyl sites for hydroxylation is 1. The standard InChI is InChI=1S/C12H11ClN2O2S/c1-9-8-11(6-7-14-9)15-18(16,17)12-4-2-10(13)3-5-12/h2-8H,1H3,(H,14,15). The molecule has 0 aliphatic rings. The third-order valence-electron chi connectivity index (χ3n) is 2.27. The molecule has 94 valence electrons. The predicted octanol–water partition coefficient (Wildman–Crippen LogP) is 2.84. The van der Waals surface area contributed by atoms with Crippen molar-refractivity contribution in [2.24, 2.45) is 0 Å². The summed E-state index contributed by atoms with van der Waals surface area (Å²) in [5.74, 6) is 0. The highest BCUT2D eigenvalue weighted by atomic mass is 35.5. The van der Waals surface area contributed by atoms with Gasteiger partial charge >= 0.3 is 0 Å². The molecular weight excluding hydrogens is 272 g/mol. The van der Waals surface area contributed by atoms with Gasteiger partial charge in [0.25, 0.3) is 10.0 Å². The van der Waals surface area contributed by atoms with Gasteiger partial charge in [0.05, 0.1) is 10.6 Å². The lowest BCUT2D eigenvalue weighted by Gasteiger charge is -2.08. The number of nitrogens with zero attached hydrogens (tertiary/aromatic N) is 1. The van der Waals surface area contributed by atoms with Crippen molar-refractivity contribution < 1.29 is 8.42 Å². The monoisotopic (exact) mass is 282 g/mol. The Kier molecular flexibility index (Phi) is 3.54. The lowest BCUT2D eigenvalue weighted by Crippen LogP contribution is -2.12. The zero-order valence-electron chi connectivity index (χ0n) is 9.59. The van der Waals surface area contributed by atoms with Crippen LogP contribution >= 0.6 is 11.6 Å². The van der Waals surface area contributed by atoms with E-state index in [1.165, 1.54) is 24.3 Å². The molecule has 0 unspecified atom stereocenters. The maximum atomic E-state index is 12.0. The molecule has 0 saturated carbocycles. The fourth-order valence-corrected chi connectivity index (χ4v) is 2.61. The average molecular weight is 283 g/mol. The first kappa shape index (κ1) is 12.9. The summed E-state index contributed by atoms with van der Waals surface area (Å²) in [7, 11) is -3.58. The average Bonchev–Trinajstić information content (AvgIpc) is 2.29. The topological polar surface area (TPSA) is 59.1 Å². The van der Waals surface area contributed by atoms with Crippen LogP contribution in [0.1, 0.15) is 5.69 Å². The number of halogens is 1. The van der Waals surface area contributed by atoms with E-state index in [0.29, 0.717) is 10.7 Å². The Bertz CT molecular complexity index is 654. The molecule has 0 aliphatic heterocycles. The molecule has 18 heavy (non-hydrogen) atoms. The minimum absolute atomic E-state index is 0.168. The lowest BCUT2D eigenvalue weighted by atomic mass is 10.3. The van der Waals surface area contributed by atoms with Gasteiger partial charge in [0.15, 0.2) is 0 Å². The van der Waals surface area contributed by atoms with E-state index in [9.17, 15) is 8.42 Å². The Morgan fingerprint density at radius 1 is 1.17 bits per heavy atom. The van der Waals surface area contributed by atoms with Crippen LogP contribution < -0.4 is 4.72 Å². The number of nitrogens with one attached hydrogen (secondary N) is 1. The molecule has 2 rings (SSSR count). The van der Waals surface area contributed by atoms with Crippen molar-refractivity contribution in [2.45, 2.75) is 11.8 Å². The molecule has 1 aromatic heterocycles. The molecule has 0 aliphatic carbocycles. The van der Waals surface area contributed by atoms with E-state index in [4.69, 9.17) is 11.6 Å². The van der Waals surface area contributed by atoms with Gasteiger partial charge in [-0.25, -0.2) is 8.42 Å². The van der Waals surface area contributed by atoms with Gasteiger partial charge < -0.3 is 0 Å². The molecule has 0 fully saturated rings. The minimum atomic E-state index is -3.58. The van der Waals surface area contributed by atoms with Gasteiger partial charge in [0, 0.05) is 16.9 Å². The molecule has 1 aromatic carbocycles. The highest BCUT2D eigenvalue weighted by molar-refractivity contribution is 7.92. The van der Waals surface area contributed by atoms with Crippen molar-refractivity contribution in [2.75, 3.05) is 4.72 Å². The van der Waals surface area contributed by atoms with Crippen LogP contribution in [-0.4, -0.2) is 13.4 Å². The van der Waals surface area contributed by atoms with Crippen LogP contribution in [0.4, 0.5) is 5.69 Å². The van der Waals surface area contributed by atoms with E-state index in [1.807, 2.05) is 0 Å². The molecule has 0 spiro atoms. The second-order valence-electron chi connectivity index (χ2n) is 3.75. The Hall–Kier alpha value is -1.59. The fraction of sp³-hybridized carbons (Fsp3) is 0.0833. The number of pyridine rings is 1. The number of anilines is 1. The number of benzene rings is 1. The second kappa shape index (κ2) is 4.96. The van der Waals surface area contributed by atoms with Crippen molar-refractivity contribution in [3.8, 4) is 0 Å². The SMILES string of the molecule is Cc1cc(NS(=O)(=O)c2ccc(Cl)cc2)ccn1. The lowest BCUT2D eigenvalue weighted by molar-refractivity contribution is 0.601. The Morgan fingerprint density at radius 3 is 2.44 bits per heavy atom. The first-order valence-electron chi connectivity index (χ1n) is 5.18. The summed E-state index contributed by atoms with van der Waals surface area (Å²) in [6.45, 7) is 1.79. The third-order valence-corrected chi connectivity index (χ3v) is 3.92. The van der Waals surface area contributed by atoms with Crippen LogP contribution in [0, 0.1) is 6.92 Å². The molecular formula is C12H11ClN2O2S. The maximum Gasteiger partial charge on any atom is 0.261 e. The van der Waals surface area contributed by atoms with Gasteiger partial charge in [-0.1, -0.05) is 11.6 Å². The van der Waals surface area contributed by atoms with E-state index in [0.717, 1.165) is 5.69 Å². The summed E-state index contributed by atoms with van der Waals surface area (Å²) in [5, 5.41) is 0.494. The van der Waals surface area contributed by atoms with Gasteiger partial charge in [-0.3, -0.25) is 9.71 Å². The first-order valence-corrected chi connectivity index (χ1v) is 7.04. The highest BCUT2D eigenvalue weighted by Crippen LogP contribution is 2.18. The van der Waals surface area contributed by atoms with Gasteiger partial charge in [0.2, 0.25) is 0 Å². The van der Waals surface area contributed by atoms with Crippen LogP contribution in [0.3, 0.4) is 0 Å². The molecule has 1 heterocycles. The smallest absolute Gasteiger partial charge is 0.261 e. The zero-order chi connectivity index (χ0) is 13.2. The summed E-state index contributed by atoms with van der Waals surface area (Å²) in [4.78, 5) is 4.17. The van der Waals surface area contributed by atoms with Crippen LogP contribution in [0.2, 0.25) is 5.02 Å². The number of hydrogen-bond donors (Lipinski definition) is 1. The Balaban J connectivity index is 2.30. The summed E-state index contributed by atoms with van der Waals surface area (Å²) < 4.78 is 26.6. The van der Waals surface area contributed by atoms with Crippen molar-refractivity contribution in [3.05, 3.63) is 53.3 Å². The molecule has 6 heteroatoms. The normalized spacial score (nSPS) is 11.2. The zero-order valence-corrected chi connectivity index (χ0v) is 11.2. The predicted molar refractivity (Wildman–Crippen MR) is 71.2 cm³/mol. The summed E-state index contributed by atoms with van der Waals surface area (Å²) in [6, 6.07) is 9.24. The van der Waals surface area contributed by atoms with E-state index in [2.05, 4.69) is 9.71 Å². The molecule has 0 atom stereocenters. The fourth-order valence-electron chi connectivity index (χ4n) is 1.44. The van der Waals surface area contributed by atoms with E-state index >= 15 is 0 Å². The van der Waals surface area contributed by atoms with Crippen molar-refractivity contribution >= 4 is 27.3 Å². The molecule has 0 bridgehead atoms. The molecule has 4 nitrogen and oxygen atoms in total. The van der Waals surface area contributed by atoms with Crippen LogP contribution in [0.25, 0.3) is 0 Å². The number of aromatic nitrogens is 1. The van der Waals surface area contributed by atoms with Crippen molar-refractivity contribution in [3.63, 3.8) is 0 Å². The summed E-state index contributed by atoms with van der Waals surface area (Å²) >= 11 is 5.72. The van der Waals surface area contributed by atoms with E-state index in [-0.39, 0.29) is 4.90 Å². The first-order chi connectivity index (χ1) is 8.47. The largest absolute Gasteiger partial charge is 0.280 e. The Labute approximate surface area is 111 Å². The van der Waals surface area contributed by atoms with Gasteiger partial charge in [-0.05, 0) is 43.3 Å². The molecule has 0 radical (unpaired) electrons. The van der Waals surface area contributed by atoms with Crippen LogP contribution in [-0.2, 0) is 10.0 Å². The molecule has 1 N–H and O–H groups in total. The molecule has 0 amide bonds. The van der Waals surface area contributed by atoms with Gasteiger partial charge in [-0.2, -0.15) is 0 Å². The summed E-state index contributed by atoms with van der Waals surface area (Å²) in [5.41, 5.74) is 1.23. The number of sulfonamides is 1.